The average Bonchev–Trinajstić information content (AvgIpc) is 2.63. The van der Waals surface area contributed by atoms with E-state index in [1.54, 1.807) is 23.9 Å². The van der Waals surface area contributed by atoms with Crippen molar-refractivity contribution in [1.82, 2.24) is 0 Å². The van der Waals surface area contributed by atoms with Crippen molar-refractivity contribution in [3.8, 4) is 0 Å². The molecule has 0 aliphatic rings. The van der Waals surface area contributed by atoms with Crippen molar-refractivity contribution in [3.63, 3.8) is 0 Å². The van der Waals surface area contributed by atoms with Gasteiger partial charge < -0.3 is 5.32 Å². The van der Waals surface area contributed by atoms with Crippen LogP contribution >= 0.6 is 11.8 Å². The molecule has 0 atom stereocenters. The second-order valence-electron chi connectivity index (χ2n) is 5.62. The normalized spacial score (nSPS) is 10.4. The van der Waals surface area contributed by atoms with Crippen molar-refractivity contribution in [3.05, 3.63) is 95.8 Å². The largest absolute Gasteiger partial charge is 0.326 e. The summed E-state index contributed by atoms with van der Waals surface area (Å²) in [4.78, 5) is 13.1. The SMILES string of the molecule is O=C(Cc1ccccc1)Nc1ccc(SCc2ccccc2F)cc1. The number of anilines is 1. The van der Waals surface area contributed by atoms with Crippen LogP contribution in [0.3, 0.4) is 0 Å². The summed E-state index contributed by atoms with van der Waals surface area (Å²) in [6, 6.07) is 24.0. The monoisotopic (exact) mass is 351 g/mol. The summed E-state index contributed by atoms with van der Waals surface area (Å²) in [5, 5.41) is 2.89. The van der Waals surface area contributed by atoms with Crippen molar-refractivity contribution < 1.29 is 9.18 Å². The zero-order chi connectivity index (χ0) is 17.5. The number of benzene rings is 3. The number of carbonyl (C=O) groups is 1. The summed E-state index contributed by atoms with van der Waals surface area (Å²) < 4.78 is 13.6. The summed E-state index contributed by atoms with van der Waals surface area (Å²) >= 11 is 1.57. The van der Waals surface area contributed by atoms with E-state index in [1.807, 2.05) is 60.7 Å². The van der Waals surface area contributed by atoms with Crippen molar-refractivity contribution in [2.75, 3.05) is 5.32 Å². The molecule has 0 saturated carbocycles. The van der Waals surface area contributed by atoms with Crippen LogP contribution < -0.4 is 5.32 Å². The van der Waals surface area contributed by atoms with Crippen LogP contribution in [-0.2, 0) is 17.0 Å². The van der Waals surface area contributed by atoms with E-state index in [1.165, 1.54) is 6.07 Å². The Morgan fingerprint density at radius 2 is 1.56 bits per heavy atom. The molecule has 0 radical (unpaired) electrons. The van der Waals surface area contributed by atoms with E-state index < -0.39 is 0 Å². The van der Waals surface area contributed by atoms with Gasteiger partial charge in [0.1, 0.15) is 5.82 Å². The maximum atomic E-state index is 13.6. The molecule has 0 saturated heterocycles. The lowest BCUT2D eigenvalue weighted by molar-refractivity contribution is -0.115. The molecule has 126 valence electrons. The molecule has 1 N–H and O–H groups in total. The molecule has 0 fully saturated rings. The predicted octanol–water partition coefficient (Wildman–Crippen LogP) is 5.30. The van der Waals surface area contributed by atoms with Gasteiger partial charge in [0.25, 0.3) is 0 Å². The highest BCUT2D eigenvalue weighted by molar-refractivity contribution is 7.98. The third-order valence-corrected chi connectivity index (χ3v) is 4.76. The number of rotatable bonds is 6. The average molecular weight is 351 g/mol. The van der Waals surface area contributed by atoms with Gasteiger partial charge in [0, 0.05) is 16.3 Å². The Hall–Kier alpha value is -2.59. The maximum Gasteiger partial charge on any atom is 0.228 e. The predicted molar refractivity (Wildman–Crippen MR) is 101 cm³/mol. The van der Waals surface area contributed by atoms with Crippen LogP contribution in [0.1, 0.15) is 11.1 Å². The molecular formula is C21H18FNOS. The van der Waals surface area contributed by atoms with E-state index >= 15 is 0 Å². The van der Waals surface area contributed by atoms with Gasteiger partial charge in [0.05, 0.1) is 6.42 Å². The first-order valence-electron chi connectivity index (χ1n) is 8.01. The van der Waals surface area contributed by atoms with Gasteiger partial charge in [-0.05, 0) is 41.5 Å². The second kappa shape index (κ2) is 8.49. The van der Waals surface area contributed by atoms with Crippen LogP contribution in [0.2, 0.25) is 0 Å². The van der Waals surface area contributed by atoms with E-state index in [0.29, 0.717) is 17.7 Å². The van der Waals surface area contributed by atoms with Gasteiger partial charge in [-0.15, -0.1) is 11.8 Å². The van der Waals surface area contributed by atoms with Gasteiger partial charge in [-0.3, -0.25) is 4.79 Å². The molecule has 0 aliphatic carbocycles. The molecule has 0 unspecified atom stereocenters. The Balaban J connectivity index is 1.53. The van der Waals surface area contributed by atoms with Crippen LogP contribution in [0.4, 0.5) is 10.1 Å². The van der Waals surface area contributed by atoms with Gasteiger partial charge in [-0.2, -0.15) is 0 Å². The van der Waals surface area contributed by atoms with E-state index in [0.717, 1.165) is 16.1 Å². The van der Waals surface area contributed by atoms with Gasteiger partial charge in [0.15, 0.2) is 0 Å². The molecule has 3 aromatic carbocycles. The van der Waals surface area contributed by atoms with Gasteiger partial charge >= 0.3 is 0 Å². The fourth-order valence-electron chi connectivity index (χ4n) is 2.40. The van der Waals surface area contributed by atoms with Crippen molar-refractivity contribution in [2.24, 2.45) is 0 Å². The molecule has 0 aromatic heterocycles. The highest BCUT2D eigenvalue weighted by Crippen LogP contribution is 2.25. The van der Waals surface area contributed by atoms with Gasteiger partial charge in [-0.25, -0.2) is 4.39 Å². The lowest BCUT2D eigenvalue weighted by Crippen LogP contribution is -2.14. The topological polar surface area (TPSA) is 29.1 Å². The first-order chi connectivity index (χ1) is 12.2. The summed E-state index contributed by atoms with van der Waals surface area (Å²) in [6.45, 7) is 0. The van der Waals surface area contributed by atoms with E-state index in [4.69, 9.17) is 0 Å². The van der Waals surface area contributed by atoms with E-state index in [-0.39, 0.29) is 11.7 Å². The number of amides is 1. The Bertz CT molecular complexity index is 834. The first kappa shape index (κ1) is 17.2. The standard InChI is InChI=1S/C21H18FNOS/c22-20-9-5-4-8-17(20)15-25-19-12-10-18(11-13-19)23-21(24)14-16-6-2-1-3-7-16/h1-13H,14-15H2,(H,23,24). The van der Waals surface area contributed by atoms with Gasteiger partial charge in [0.2, 0.25) is 5.91 Å². The number of carbonyl (C=O) groups excluding carboxylic acids is 1. The lowest BCUT2D eigenvalue weighted by Gasteiger charge is -2.07. The first-order valence-corrected chi connectivity index (χ1v) is 8.99. The molecule has 2 nitrogen and oxygen atoms in total. The molecule has 0 spiro atoms. The van der Waals surface area contributed by atoms with Crippen molar-refractivity contribution in [2.45, 2.75) is 17.1 Å². The summed E-state index contributed by atoms with van der Waals surface area (Å²) in [7, 11) is 0. The smallest absolute Gasteiger partial charge is 0.228 e. The molecule has 0 aliphatic heterocycles. The van der Waals surface area contributed by atoms with E-state index in [9.17, 15) is 9.18 Å². The molecule has 4 heteroatoms. The van der Waals surface area contributed by atoms with Crippen LogP contribution in [0, 0.1) is 5.82 Å². The highest BCUT2D eigenvalue weighted by atomic mass is 32.2. The lowest BCUT2D eigenvalue weighted by atomic mass is 10.1. The Morgan fingerprint density at radius 1 is 0.880 bits per heavy atom. The Morgan fingerprint density at radius 3 is 2.28 bits per heavy atom. The zero-order valence-electron chi connectivity index (χ0n) is 13.6. The molecule has 0 heterocycles. The van der Waals surface area contributed by atoms with Crippen LogP contribution in [-0.4, -0.2) is 5.91 Å². The van der Waals surface area contributed by atoms with E-state index in [2.05, 4.69) is 5.32 Å². The van der Waals surface area contributed by atoms with Crippen LogP contribution in [0.15, 0.2) is 83.8 Å². The fraction of sp³-hybridized carbons (Fsp3) is 0.0952. The van der Waals surface area contributed by atoms with Crippen molar-refractivity contribution in [1.29, 1.82) is 0 Å². The van der Waals surface area contributed by atoms with Gasteiger partial charge in [-0.1, -0.05) is 48.5 Å². The summed E-state index contributed by atoms with van der Waals surface area (Å²) in [6.07, 6.45) is 0.352. The maximum absolute atomic E-state index is 13.6. The molecule has 25 heavy (non-hydrogen) atoms. The summed E-state index contributed by atoms with van der Waals surface area (Å²) in [5.41, 5.74) is 2.43. The fourth-order valence-corrected chi connectivity index (χ4v) is 3.28. The van der Waals surface area contributed by atoms with Crippen LogP contribution in [0.25, 0.3) is 0 Å². The third-order valence-electron chi connectivity index (χ3n) is 3.70. The Labute approximate surface area is 151 Å². The quantitative estimate of drug-likeness (QED) is 0.611. The molecule has 3 rings (SSSR count). The number of nitrogens with one attached hydrogen (secondary N) is 1. The van der Waals surface area contributed by atoms with Crippen molar-refractivity contribution >= 4 is 23.4 Å². The molecule has 0 bridgehead atoms. The highest BCUT2D eigenvalue weighted by Gasteiger charge is 2.05. The minimum Gasteiger partial charge on any atom is -0.326 e. The molecular weight excluding hydrogens is 333 g/mol. The minimum atomic E-state index is -0.181. The number of halogens is 1. The Kier molecular flexibility index (Phi) is 5.86. The van der Waals surface area contributed by atoms with Crippen LogP contribution in [0.5, 0.6) is 0 Å². The third kappa shape index (κ3) is 5.19. The zero-order valence-corrected chi connectivity index (χ0v) is 14.4. The second-order valence-corrected chi connectivity index (χ2v) is 6.66. The minimum absolute atomic E-state index is 0.0436. The number of hydrogen-bond donors (Lipinski definition) is 1. The molecule has 3 aromatic rings. The molecule has 1 amide bonds. The number of thioether (sulfide) groups is 1. The number of hydrogen-bond acceptors (Lipinski definition) is 2. The summed E-state index contributed by atoms with van der Waals surface area (Å²) in [5.74, 6) is 0.351.